The summed E-state index contributed by atoms with van der Waals surface area (Å²) in [5.41, 5.74) is 3.67. The summed E-state index contributed by atoms with van der Waals surface area (Å²) in [4.78, 5) is 17.2. The number of benzene rings is 1. The molecule has 1 aliphatic carbocycles. The summed E-state index contributed by atoms with van der Waals surface area (Å²) in [7, 11) is -3.34. The minimum atomic E-state index is -3.34. The zero-order valence-electron chi connectivity index (χ0n) is 18.5. The van der Waals surface area contributed by atoms with Gasteiger partial charge in [0.15, 0.2) is 5.78 Å². The minimum Gasteiger partial charge on any atom is -0.294 e. The molecule has 0 aliphatic heterocycles. The molecule has 1 N–H and O–H groups in total. The van der Waals surface area contributed by atoms with E-state index in [0.29, 0.717) is 28.1 Å². The van der Waals surface area contributed by atoms with Gasteiger partial charge in [0.2, 0.25) is 10.0 Å². The second kappa shape index (κ2) is 8.93. The fourth-order valence-corrected chi connectivity index (χ4v) is 3.77. The van der Waals surface area contributed by atoms with Gasteiger partial charge in [0.1, 0.15) is 6.07 Å². The predicted octanol–water partition coefficient (Wildman–Crippen LogP) is 4.71. The molecule has 0 radical (unpaired) electrons. The van der Waals surface area contributed by atoms with E-state index in [1.54, 1.807) is 36.4 Å². The van der Waals surface area contributed by atoms with Crippen LogP contribution in [0.3, 0.4) is 0 Å². The maximum atomic E-state index is 12.5. The maximum absolute atomic E-state index is 12.5. The van der Waals surface area contributed by atoms with Crippen LogP contribution in [0, 0.1) is 11.3 Å². The third-order valence-corrected chi connectivity index (χ3v) is 5.46. The van der Waals surface area contributed by atoms with E-state index in [1.165, 1.54) is 0 Å². The van der Waals surface area contributed by atoms with Crippen molar-refractivity contribution >= 4 is 39.2 Å². The number of pyridine rings is 1. The van der Waals surface area contributed by atoms with Crippen molar-refractivity contribution in [2.45, 2.75) is 32.6 Å². The number of aromatic nitrogens is 1. The number of allylic oxidation sites excluding steroid dienone is 4. The number of ketones is 1. The van der Waals surface area contributed by atoms with Crippen LogP contribution >= 0.6 is 0 Å². The fourth-order valence-electron chi connectivity index (χ4n) is 3.21. The quantitative estimate of drug-likeness (QED) is 0.716. The molecule has 0 atom stereocenters. The van der Waals surface area contributed by atoms with Crippen LogP contribution in [-0.4, -0.2) is 25.4 Å². The zero-order chi connectivity index (χ0) is 23.5. The number of carbonyl (C=O) groups is 1. The van der Waals surface area contributed by atoms with Crippen molar-refractivity contribution in [2.75, 3.05) is 11.0 Å². The number of rotatable bonds is 5. The van der Waals surface area contributed by atoms with Crippen LogP contribution in [0.2, 0.25) is 0 Å². The highest BCUT2D eigenvalue weighted by molar-refractivity contribution is 7.92. The van der Waals surface area contributed by atoms with Crippen LogP contribution in [0.1, 0.15) is 55.3 Å². The lowest BCUT2D eigenvalue weighted by Gasteiger charge is -2.21. The molecule has 0 saturated heterocycles. The number of Topliss-reactive ketones (excluding diaryl/α,β-unsaturated/α-hetero) is 1. The van der Waals surface area contributed by atoms with E-state index in [4.69, 9.17) is 4.98 Å². The van der Waals surface area contributed by atoms with E-state index in [1.807, 2.05) is 45.1 Å². The average molecular weight is 448 g/mol. The van der Waals surface area contributed by atoms with Gasteiger partial charge in [0.25, 0.3) is 0 Å². The summed E-state index contributed by atoms with van der Waals surface area (Å²) in [6, 6.07) is 11.0. The lowest BCUT2D eigenvalue weighted by atomic mass is 9.87. The zero-order valence-corrected chi connectivity index (χ0v) is 19.3. The van der Waals surface area contributed by atoms with Crippen molar-refractivity contribution in [3.8, 4) is 6.07 Å². The maximum Gasteiger partial charge on any atom is 0.229 e. The van der Waals surface area contributed by atoms with Crippen molar-refractivity contribution in [3.05, 3.63) is 76.6 Å². The monoisotopic (exact) mass is 447 g/mol. The Morgan fingerprint density at radius 2 is 1.84 bits per heavy atom. The van der Waals surface area contributed by atoms with Crippen LogP contribution in [0.15, 0.2) is 48.6 Å². The third-order valence-electron chi connectivity index (χ3n) is 4.86. The Kier molecular flexibility index (Phi) is 6.47. The van der Waals surface area contributed by atoms with Crippen LogP contribution < -0.4 is 4.72 Å². The average Bonchev–Trinajstić information content (AvgIpc) is 2.71. The molecule has 0 bridgehead atoms. The van der Waals surface area contributed by atoms with Crippen LogP contribution in [-0.2, 0) is 20.2 Å². The van der Waals surface area contributed by atoms with Crippen molar-refractivity contribution in [1.82, 2.24) is 4.98 Å². The molecule has 164 valence electrons. The normalized spacial score (nSPS) is 14.3. The van der Waals surface area contributed by atoms with E-state index in [9.17, 15) is 18.5 Å². The van der Waals surface area contributed by atoms with Crippen molar-refractivity contribution in [1.29, 1.82) is 5.26 Å². The number of nitrogens with zero attached hydrogens (tertiary/aromatic N) is 2. The second-order valence-corrected chi connectivity index (χ2v) is 10.4. The molecule has 1 aliphatic rings. The first-order chi connectivity index (χ1) is 15.0. The Bertz CT molecular complexity index is 1290. The Balaban J connectivity index is 2.06. The summed E-state index contributed by atoms with van der Waals surface area (Å²) in [5, 5.41) is 9.91. The molecule has 1 aromatic heterocycles. The molecular weight excluding hydrogens is 422 g/mol. The fraction of sp³-hybridized carbons (Fsp3) is 0.240. The molecular formula is C25H25N3O3S. The Morgan fingerprint density at radius 1 is 1.16 bits per heavy atom. The van der Waals surface area contributed by atoms with Crippen LogP contribution in [0.25, 0.3) is 17.7 Å². The number of sulfonamides is 1. The van der Waals surface area contributed by atoms with E-state index in [0.717, 1.165) is 17.5 Å². The van der Waals surface area contributed by atoms with Crippen LogP contribution in [0.5, 0.6) is 0 Å². The van der Waals surface area contributed by atoms with Crippen molar-refractivity contribution in [3.63, 3.8) is 0 Å². The lowest BCUT2D eigenvalue weighted by Crippen LogP contribution is -2.17. The second-order valence-electron chi connectivity index (χ2n) is 8.65. The summed E-state index contributed by atoms with van der Waals surface area (Å²) < 4.78 is 25.2. The van der Waals surface area contributed by atoms with Crippen LogP contribution in [0.4, 0.5) is 5.69 Å². The van der Waals surface area contributed by atoms with Gasteiger partial charge in [-0.1, -0.05) is 57.2 Å². The first-order valence-electron chi connectivity index (χ1n) is 10.1. The number of hydrogen-bond acceptors (Lipinski definition) is 5. The smallest absolute Gasteiger partial charge is 0.229 e. The Morgan fingerprint density at radius 3 is 2.41 bits per heavy atom. The number of anilines is 1. The molecule has 0 saturated carbocycles. The van der Waals surface area contributed by atoms with Gasteiger partial charge < -0.3 is 0 Å². The van der Waals surface area contributed by atoms with Gasteiger partial charge in [-0.05, 0) is 35.4 Å². The van der Waals surface area contributed by atoms with Gasteiger partial charge in [0, 0.05) is 28.8 Å². The summed E-state index contributed by atoms with van der Waals surface area (Å²) in [5.74, 6) is -0.0635. The standard InChI is InChI=1S/C25H25N3O3S/c1-25(2,3)23-15-18(12-9-17-10-13-19(14-11-17)28-32(4,30)31)21(16-26)24(27-23)20-7-5-6-8-22(20)29/h5-7,9-15,28H,8H2,1-4H3/b12-9+. The first kappa shape index (κ1) is 23.2. The van der Waals surface area contributed by atoms with Gasteiger partial charge in [-0.15, -0.1) is 0 Å². The van der Waals surface area contributed by atoms with Gasteiger partial charge in [-0.2, -0.15) is 5.26 Å². The molecule has 0 amide bonds. The van der Waals surface area contributed by atoms with E-state index >= 15 is 0 Å². The first-order valence-corrected chi connectivity index (χ1v) is 12.0. The molecule has 0 fully saturated rings. The van der Waals surface area contributed by atoms with Gasteiger partial charge in [-0.25, -0.2) is 8.42 Å². The largest absolute Gasteiger partial charge is 0.294 e. The number of carbonyl (C=O) groups excluding carboxylic acids is 1. The molecule has 1 heterocycles. The SMILES string of the molecule is CC(C)(C)c1cc(/C=C/c2ccc(NS(C)(=O)=O)cc2)c(C#N)c(C2=CC=CCC2=O)n1. The Labute approximate surface area is 189 Å². The highest BCUT2D eigenvalue weighted by Crippen LogP contribution is 2.30. The summed E-state index contributed by atoms with van der Waals surface area (Å²) in [6.07, 6.45) is 10.4. The topological polar surface area (TPSA) is 99.9 Å². The predicted molar refractivity (Wildman–Crippen MR) is 128 cm³/mol. The highest BCUT2D eigenvalue weighted by Gasteiger charge is 2.24. The molecule has 0 spiro atoms. The third kappa shape index (κ3) is 5.59. The molecule has 0 unspecified atom stereocenters. The van der Waals surface area contributed by atoms with E-state index < -0.39 is 10.0 Å². The van der Waals surface area contributed by atoms with Gasteiger partial charge in [0.05, 0.1) is 17.5 Å². The number of hydrogen-bond donors (Lipinski definition) is 1. The van der Waals surface area contributed by atoms with E-state index in [-0.39, 0.29) is 17.6 Å². The number of nitrogens with one attached hydrogen (secondary N) is 1. The molecule has 6 nitrogen and oxygen atoms in total. The number of nitriles is 1. The summed E-state index contributed by atoms with van der Waals surface area (Å²) in [6.45, 7) is 6.09. The molecule has 32 heavy (non-hydrogen) atoms. The minimum absolute atomic E-state index is 0.0635. The molecule has 3 rings (SSSR count). The summed E-state index contributed by atoms with van der Waals surface area (Å²) >= 11 is 0. The molecule has 2 aromatic rings. The van der Waals surface area contributed by atoms with E-state index in [2.05, 4.69) is 10.8 Å². The lowest BCUT2D eigenvalue weighted by molar-refractivity contribution is -0.113. The molecule has 1 aromatic carbocycles. The van der Waals surface area contributed by atoms with Gasteiger partial charge in [-0.3, -0.25) is 14.5 Å². The van der Waals surface area contributed by atoms with Crippen molar-refractivity contribution in [2.24, 2.45) is 0 Å². The van der Waals surface area contributed by atoms with Gasteiger partial charge >= 0.3 is 0 Å². The Hall–Kier alpha value is -3.50. The molecule has 7 heteroatoms. The van der Waals surface area contributed by atoms with Crippen molar-refractivity contribution < 1.29 is 13.2 Å². The highest BCUT2D eigenvalue weighted by atomic mass is 32.2.